The van der Waals surface area contributed by atoms with Crippen molar-refractivity contribution in [3.63, 3.8) is 0 Å². The summed E-state index contributed by atoms with van der Waals surface area (Å²) in [5, 5.41) is 2.62. The van der Waals surface area contributed by atoms with Gasteiger partial charge in [0, 0.05) is 24.8 Å². The van der Waals surface area contributed by atoms with Gasteiger partial charge in [0.1, 0.15) is 0 Å². The van der Waals surface area contributed by atoms with Gasteiger partial charge in [-0.15, -0.1) is 0 Å². The minimum atomic E-state index is -3.61. The molecule has 0 saturated carbocycles. The largest absolute Gasteiger partial charge is 0.453 e. The van der Waals surface area contributed by atoms with Gasteiger partial charge in [-0.25, -0.2) is 13.2 Å². The molecule has 1 aliphatic rings. The number of benzene rings is 1. The summed E-state index contributed by atoms with van der Waals surface area (Å²) in [5.41, 5.74) is 6.76. The number of anilines is 1. The van der Waals surface area contributed by atoms with E-state index in [0.717, 1.165) is 0 Å². The van der Waals surface area contributed by atoms with E-state index in [4.69, 9.17) is 5.73 Å². The highest BCUT2D eigenvalue weighted by atomic mass is 32.2. The molecule has 1 aromatic carbocycles. The number of hydrogen-bond donors (Lipinski definition) is 2. The second-order valence-electron chi connectivity index (χ2n) is 4.95. The second kappa shape index (κ2) is 5.90. The first kappa shape index (κ1) is 15.6. The number of sulfonamides is 1. The molecule has 0 aliphatic carbocycles. The van der Waals surface area contributed by atoms with Gasteiger partial charge in [0.05, 0.1) is 12.0 Å². The van der Waals surface area contributed by atoms with Gasteiger partial charge in [-0.3, -0.25) is 0 Å². The van der Waals surface area contributed by atoms with Gasteiger partial charge in [0.2, 0.25) is 10.0 Å². The molecule has 1 fully saturated rings. The molecule has 21 heavy (non-hydrogen) atoms. The Morgan fingerprint density at radius 2 is 2.19 bits per heavy atom. The van der Waals surface area contributed by atoms with Crippen LogP contribution in [0.15, 0.2) is 23.1 Å². The highest BCUT2D eigenvalue weighted by Gasteiger charge is 2.34. The Bertz CT molecular complexity index is 645. The lowest BCUT2D eigenvalue weighted by Crippen LogP contribution is -2.38. The van der Waals surface area contributed by atoms with Gasteiger partial charge in [0.25, 0.3) is 0 Å². The van der Waals surface area contributed by atoms with Crippen LogP contribution < -0.4 is 11.1 Å². The van der Waals surface area contributed by atoms with Crippen LogP contribution in [0.1, 0.15) is 12.0 Å². The number of carbonyl (C=O) groups excluding carboxylic acids is 1. The van der Waals surface area contributed by atoms with Crippen LogP contribution in [0, 0.1) is 6.92 Å². The molecule has 0 spiro atoms. The molecule has 2 rings (SSSR count). The van der Waals surface area contributed by atoms with E-state index >= 15 is 0 Å². The molecule has 1 heterocycles. The topological polar surface area (TPSA) is 102 Å². The van der Waals surface area contributed by atoms with Crippen molar-refractivity contribution in [2.24, 2.45) is 0 Å². The van der Waals surface area contributed by atoms with Crippen LogP contribution in [0.3, 0.4) is 0 Å². The van der Waals surface area contributed by atoms with Crippen LogP contribution in [0.4, 0.5) is 10.5 Å². The van der Waals surface area contributed by atoms with Gasteiger partial charge in [-0.1, -0.05) is 6.07 Å². The van der Waals surface area contributed by atoms with E-state index in [2.05, 4.69) is 10.1 Å². The Morgan fingerprint density at radius 1 is 1.48 bits per heavy atom. The monoisotopic (exact) mass is 313 g/mol. The third-order valence-corrected chi connectivity index (χ3v) is 5.61. The van der Waals surface area contributed by atoms with E-state index in [9.17, 15) is 13.2 Å². The number of rotatable bonds is 3. The first-order valence-corrected chi connectivity index (χ1v) is 8.00. The molecule has 116 valence electrons. The Balaban J connectivity index is 2.18. The summed E-state index contributed by atoms with van der Waals surface area (Å²) >= 11 is 0. The molecule has 1 amide bonds. The number of alkyl carbamates (subject to hydrolysis) is 1. The standard InChI is InChI=1S/C13H19N3O4S/c1-9-11(14)4-3-5-12(9)21(18,19)16-7-6-10(8-16)15-13(17)20-2/h3-5,10H,6-8,14H2,1-2H3,(H,15,17). The number of methoxy groups -OCH3 is 1. The average Bonchev–Trinajstić information content (AvgIpc) is 2.90. The molecule has 8 heteroatoms. The smallest absolute Gasteiger partial charge is 0.407 e. The summed E-state index contributed by atoms with van der Waals surface area (Å²) in [7, 11) is -2.33. The molecule has 7 nitrogen and oxygen atoms in total. The van der Waals surface area contributed by atoms with Crippen molar-refractivity contribution in [1.82, 2.24) is 9.62 Å². The summed E-state index contributed by atoms with van der Waals surface area (Å²) < 4.78 is 31.1. The molecule has 3 N–H and O–H groups in total. The SMILES string of the molecule is COC(=O)NC1CCN(S(=O)(=O)c2cccc(N)c2C)C1. The van der Waals surface area contributed by atoms with Crippen molar-refractivity contribution in [1.29, 1.82) is 0 Å². The zero-order valence-corrected chi connectivity index (χ0v) is 12.8. The maximum Gasteiger partial charge on any atom is 0.407 e. The summed E-state index contributed by atoms with van der Waals surface area (Å²) in [5.74, 6) is 0. The van der Waals surface area contributed by atoms with Crippen LogP contribution in [0.5, 0.6) is 0 Å². The fourth-order valence-corrected chi connectivity index (χ4v) is 4.10. The molecule has 1 unspecified atom stereocenters. The summed E-state index contributed by atoms with van der Waals surface area (Å²) in [6.07, 6.45) is -0.00484. The van der Waals surface area contributed by atoms with Gasteiger partial charge in [-0.2, -0.15) is 4.31 Å². The van der Waals surface area contributed by atoms with Crippen molar-refractivity contribution >= 4 is 21.8 Å². The molecule has 0 aromatic heterocycles. The number of hydrogen-bond acceptors (Lipinski definition) is 5. The minimum Gasteiger partial charge on any atom is -0.453 e. The van der Waals surface area contributed by atoms with Crippen molar-refractivity contribution in [2.75, 3.05) is 25.9 Å². The Hall–Kier alpha value is -1.80. The van der Waals surface area contributed by atoms with Crippen LogP contribution in [-0.2, 0) is 14.8 Å². The number of nitrogens with zero attached hydrogens (tertiary/aromatic N) is 1. The first-order chi connectivity index (χ1) is 9.86. The predicted molar refractivity (Wildman–Crippen MR) is 78.3 cm³/mol. The lowest BCUT2D eigenvalue weighted by atomic mass is 10.2. The molecule has 0 bridgehead atoms. The number of ether oxygens (including phenoxy) is 1. The van der Waals surface area contributed by atoms with Gasteiger partial charge in [-0.05, 0) is 31.0 Å². The lowest BCUT2D eigenvalue weighted by molar-refractivity contribution is 0.167. The zero-order chi connectivity index (χ0) is 15.6. The first-order valence-electron chi connectivity index (χ1n) is 6.56. The van der Waals surface area contributed by atoms with Crippen molar-refractivity contribution in [2.45, 2.75) is 24.3 Å². The van der Waals surface area contributed by atoms with Crippen LogP contribution in [0.25, 0.3) is 0 Å². The summed E-state index contributed by atoms with van der Waals surface area (Å²) in [4.78, 5) is 11.4. The predicted octanol–water partition coefficient (Wildman–Crippen LogP) is 0.696. The molecule has 0 radical (unpaired) electrons. The fourth-order valence-electron chi connectivity index (χ4n) is 2.34. The van der Waals surface area contributed by atoms with Gasteiger partial charge >= 0.3 is 6.09 Å². The van der Waals surface area contributed by atoms with E-state index in [1.165, 1.54) is 11.4 Å². The van der Waals surface area contributed by atoms with Crippen molar-refractivity contribution in [3.8, 4) is 0 Å². The van der Waals surface area contributed by atoms with E-state index in [1.54, 1.807) is 25.1 Å². The number of amides is 1. The normalized spacial score (nSPS) is 19.4. The summed E-state index contributed by atoms with van der Waals surface area (Å²) in [6, 6.07) is 4.59. The average molecular weight is 313 g/mol. The van der Waals surface area contributed by atoms with Gasteiger partial charge < -0.3 is 15.8 Å². The van der Waals surface area contributed by atoms with E-state index in [1.807, 2.05) is 0 Å². The molecule has 1 aliphatic heterocycles. The Labute approximate surface area is 124 Å². The fraction of sp³-hybridized carbons (Fsp3) is 0.462. The maximum atomic E-state index is 12.6. The third kappa shape index (κ3) is 3.11. The molecular formula is C13H19N3O4S. The highest BCUT2D eigenvalue weighted by molar-refractivity contribution is 7.89. The second-order valence-corrected chi connectivity index (χ2v) is 6.86. The lowest BCUT2D eigenvalue weighted by Gasteiger charge is -2.18. The number of nitrogens with two attached hydrogens (primary N) is 1. The van der Waals surface area contributed by atoms with Crippen LogP contribution >= 0.6 is 0 Å². The minimum absolute atomic E-state index is 0.209. The van der Waals surface area contributed by atoms with Crippen molar-refractivity contribution < 1.29 is 17.9 Å². The summed E-state index contributed by atoms with van der Waals surface area (Å²) in [6.45, 7) is 2.26. The maximum absolute atomic E-state index is 12.6. The van der Waals surface area contributed by atoms with E-state index < -0.39 is 16.1 Å². The van der Waals surface area contributed by atoms with Gasteiger partial charge in [0.15, 0.2) is 0 Å². The van der Waals surface area contributed by atoms with E-state index in [-0.39, 0.29) is 17.5 Å². The third-order valence-electron chi connectivity index (χ3n) is 3.60. The quantitative estimate of drug-likeness (QED) is 0.800. The number of carbonyl (C=O) groups is 1. The highest BCUT2D eigenvalue weighted by Crippen LogP contribution is 2.26. The molecular weight excluding hydrogens is 294 g/mol. The zero-order valence-electron chi connectivity index (χ0n) is 12.0. The Kier molecular flexibility index (Phi) is 4.38. The number of nitrogens with one attached hydrogen (secondary N) is 1. The molecule has 1 saturated heterocycles. The van der Waals surface area contributed by atoms with Crippen molar-refractivity contribution in [3.05, 3.63) is 23.8 Å². The van der Waals surface area contributed by atoms with E-state index in [0.29, 0.717) is 24.2 Å². The Morgan fingerprint density at radius 3 is 2.86 bits per heavy atom. The molecule has 1 aromatic rings. The van der Waals surface area contributed by atoms with Crippen LogP contribution in [-0.4, -0.2) is 45.1 Å². The molecule has 1 atom stereocenters. The van der Waals surface area contributed by atoms with Crippen LogP contribution in [0.2, 0.25) is 0 Å². The number of nitrogen functional groups attached to an aromatic ring is 1.